The molecule has 1 aliphatic heterocycles. The molecule has 2 rings (SSSR count). The fourth-order valence-corrected chi connectivity index (χ4v) is 2.75. The molecule has 1 aromatic rings. The van der Waals surface area contributed by atoms with Gasteiger partial charge >= 0.3 is 12.1 Å². The Kier molecular flexibility index (Phi) is 4.62. The van der Waals surface area contributed by atoms with E-state index in [9.17, 15) is 27.9 Å². The van der Waals surface area contributed by atoms with Gasteiger partial charge < -0.3 is 15.1 Å². The number of hydrogen-bond acceptors (Lipinski definition) is 4. The van der Waals surface area contributed by atoms with Gasteiger partial charge in [0.2, 0.25) is 0 Å². The lowest BCUT2D eigenvalue weighted by Crippen LogP contribution is -2.51. The van der Waals surface area contributed by atoms with E-state index in [1.54, 1.807) is 0 Å². The number of halogens is 3. The van der Waals surface area contributed by atoms with Gasteiger partial charge in [0.25, 0.3) is 5.91 Å². The first-order valence-electron chi connectivity index (χ1n) is 7.68. The van der Waals surface area contributed by atoms with Crippen LogP contribution in [0.15, 0.2) is 6.20 Å². The van der Waals surface area contributed by atoms with Crippen LogP contribution >= 0.6 is 0 Å². The van der Waals surface area contributed by atoms with Gasteiger partial charge in [-0.1, -0.05) is 0 Å². The standard InChI is InChI=1S/C15H20F3N3O4/c1-13(2,3)21-10(15(16,17)18)9(8-19-21)11(22)20-6-4-14(25,5-7-20)12(23)24/h8,25H,4-7H2,1-3H3,(H,23,24). The Balaban J connectivity index is 2.33. The van der Waals surface area contributed by atoms with Gasteiger partial charge in [0.05, 0.1) is 17.3 Å². The molecule has 10 heteroatoms. The topological polar surface area (TPSA) is 95.7 Å². The van der Waals surface area contributed by atoms with Crippen molar-refractivity contribution in [2.45, 2.75) is 50.9 Å². The third kappa shape index (κ3) is 3.63. The number of carboxylic acid groups (broad SMARTS) is 1. The van der Waals surface area contributed by atoms with Gasteiger partial charge in [0, 0.05) is 25.9 Å². The van der Waals surface area contributed by atoms with Crippen molar-refractivity contribution < 1.29 is 33.0 Å². The summed E-state index contributed by atoms with van der Waals surface area (Å²) in [5.74, 6) is -2.29. The quantitative estimate of drug-likeness (QED) is 0.834. The van der Waals surface area contributed by atoms with E-state index < -0.39 is 40.5 Å². The van der Waals surface area contributed by atoms with Crippen LogP contribution in [0.5, 0.6) is 0 Å². The number of aliphatic hydroxyl groups is 1. The number of aliphatic carboxylic acids is 1. The minimum atomic E-state index is -4.77. The summed E-state index contributed by atoms with van der Waals surface area (Å²) in [5.41, 5.74) is -4.65. The van der Waals surface area contributed by atoms with Crippen molar-refractivity contribution in [3.63, 3.8) is 0 Å². The minimum absolute atomic E-state index is 0.153. The minimum Gasteiger partial charge on any atom is -0.479 e. The molecule has 1 amide bonds. The van der Waals surface area contributed by atoms with Crippen LogP contribution in [0.2, 0.25) is 0 Å². The lowest BCUT2D eigenvalue weighted by molar-refractivity contribution is -0.162. The zero-order valence-electron chi connectivity index (χ0n) is 14.1. The van der Waals surface area contributed by atoms with Crippen LogP contribution < -0.4 is 0 Å². The largest absolute Gasteiger partial charge is 0.479 e. The maximum atomic E-state index is 13.5. The molecule has 0 saturated carbocycles. The lowest BCUT2D eigenvalue weighted by atomic mass is 9.91. The SMILES string of the molecule is CC(C)(C)n1ncc(C(=O)N2CCC(O)(C(=O)O)CC2)c1C(F)(F)F. The summed E-state index contributed by atoms with van der Waals surface area (Å²) in [4.78, 5) is 24.6. The second-order valence-corrected chi connectivity index (χ2v) is 7.12. The first kappa shape index (κ1) is 19.2. The molecule has 2 N–H and O–H groups in total. The Morgan fingerprint density at radius 1 is 1.20 bits per heavy atom. The average Bonchev–Trinajstić information content (AvgIpc) is 2.92. The van der Waals surface area contributed by atoms with Crippen molar-refractivity contribution in [3.8, 4) is 0 Å². The number of hydrogen-bond donors (Lipinski definition) is 2. The zero-order chi connectivity index (χ0) is 19.2. The molecule has 0 spiro atoms. The molecule has 0 radical (unpaired) electrons. The van der Waals surface area contributed by atoms with Crippen LogP contribution in [0.25, 0.3) is 0 Å². The van der Waals surface area contributed by atoms with Gasteiger partial charge in [-0.05, 0) is 20.8 Å². The van der Waals surface area contributed by atoms with Gasteiger partial charge in [-0.15, -0.1) is 0 Å². The molecule has 2 heterocycles. The van der Waals surface area contributed by atoms with Crippen LogP contribution in [0, 0.1) is 0 Å². The Morgan fingerprint density at radius 3 is 2.12 bits per heavy atom. The molecule has 1 aromatic heterocycles. The van der Waals surface area contributed by atoms with Crippen molar-refractivity contribution in [3.05, 3.63) is 17.5 Å². The third-order valence-corrected chi connectivity index (χ3v) is 4.18. The Morgan fingerprint density at radius 2 is 1.72 bits per heavy atom. The van der Waals surface area contributed by atoms with Gasteiger partial charge in [-0.2, -0.15) is 18.3 Å². The average molecular weight is 363 g/mol. The van der Waals surface area contributed by atoms with Crippen molar-refractivity contribution >= 4 is 11.9 Å². The van der Waals surface area contributed by atoms with Crippen LogP contribution in [0.3, 0.4) is 0 Å². The van der Waals surface area contributed by atoms with Crippen LogP contribution in [-0.4, -0.2) is 55.5 Å². The smallest absolute Gasteiger partial charge is 0.433 e. The molecular formula is C15H20F3N3O4. The highest BCUT2D eigenvalue weighted by Gasteiger charge is 2.45. The molecule has 0 atom stereocenters. The number of amides is 1. The second kappa shape index (κ2) is 6.01. The number of carbonyl (C=O) groups excluding carboxylic acids is 1. The lowest BCUT2D eigenvalue weighted by Gasteiger charge is -2.35. The van der Waals surface area contributed by atoms with E-state index >= 15 is 0 Å². The molecule has 0 unspecified atom stereocenters. The summed E-state index contributed by atoms with van der Waals surface area (Å²) in [6.07, 6.45) is -4.38. The first-order valence-corrected chi connectivity index (χ1v) is 7.68. The maximum Gasteiger partial charge on any atom is 0.433 e. The summed E-state index contributed by atoms with van der Waals surface area (Å²) < 4.78 is 41.2. The predicted molar refractivity (Wildman–Crippen MR) is 79.9 cm³/mol. The maximum absolute atomic E-state index is 13.5. The summed E-state index contributed by atoms with van der Waals surface area (Å²) >= 11 is 0. The Labute approximate surface area is 142 Å². The highest BCUT2D eigenvalue weighted by molar-refractivity contribution is 5.95. The second-order valence-electron chi connectivity index (χ2n) is 7.12. The number of rotatable bonds is 2. The highest BCUT2D eigenvalue weighted by atomic mass is 19.4. The predicted octanol–water partition coefficient (Wildman–Crippen LogP) is 1.71. The molecule has 1 aliphatic rings. The van der Waals surface area contributed by atoms with Gasteiger partial charge in [0.15, 0.2) is 11.3 Å². The monoisotopic (exact) mass is 363 g/mol. The number of likely N-dealkylation sites (tertiary alicyclic amines) is 1. The van der Waals surface area contributed by atoms with E-state index in [2.05, 4.69) is 5.10 Å². The molecule has 25 heavy (non-hydrogen) atoms. The van der Waals surface area contributed by atoms with E-state index in [1.165, 1.54) is 20.8 Å². The summed E-state index contributed by atoms with van der Waals surface area (Å²) in [6.45, 7) is 4.31. The van der Waals surface area contributed by atoms with Crippen LogP contribution in [0.1, 0.15) is 49.7 Å². The molecule has 1 fully saturated rings. The normalized spacial score (nSPS) is 18.3. The number of aromatic nitrogens is 2. The summed E-state index contributed by atoms with van der Waals surface area (Å²) in [7, 11) is 0. The van der Waals surface area contributed by atoms with Crippen molar-refractivity contribution in [2.75, 3.05) is 13.1 Å². The van der Waals surface area contributed by atoms with Crippen molar-refractivity contribution in [1.29, 1.82) is 0 Å². The van der Waals surface area contributed by atoms with E-state index in [1.807, 2.05) is 0 Å². The Hall–Kier alpha value is -2.10. The highest BCUT2D eigenvalue weighted by Crippen LogP contribution is 2.36. The van der Waals surface area contributed by atoms with Crippen molar-refractivity contribution in [2.24, 2.45) is 0 Å². The molecule has 0 aliphatic carbocycles. The molecule has 140 valence electrons. The summed E-state index contributed by atoms with van der Waals surface area (Å²) in [6, 6.07) is 0. The molecule has 0 aromatic carbocycles. The van der Waals surface area contributed by atoms with E-state index in [0.29, 0.717) is 0 Å². The van der Waals surface area contributed by atoms with E-state index in [0.717, 1.165) is 15.8 Å². The third-order valence-electron chi connectivity index (χ3n) is 4.18. The fourth-order valence-electron chi connectivity index (χ4n) is 2.75. The number of piperidine rings is 1. The van der Waals surface area contributed by atoms with Gasteiger partial charge in [-0.3, -0.25) is 9.48 Å². The number of nitrogens with zero attached hydrogens (tertiary/aromatic N) is 3. The number of carbonyl (C=O) groups is 2. The summed E-state index contributed by atoms with van der Waals surface area (Å²) in [5, 5.41) is 22.6. The van der Waals surface area contributed by atoms with Crippen LogP contribution in [-0.2, 0) is 16.5 Å². The molecule has 7 nitrogen and oxygen atoms in total. The molecule has 1 saturated heterocycles. The zero-order valence-corrected chi connectivity index (χ0v) is 14.1. The fraction of sp³-hybridized carbons (Fsp3) is 0.667. The first-order chi connectivity index (χ1) is 11.3. The van der Waals surface area contributed by atoms with Crippen LogP contribution in [0.4, 0.5) is 13.2 Å². The molecule has 0 bridgehead atoms. The Bertz CT molecular complexity index is 683. The van der Waals surface area contributed by atoms with E-state index in [-0.39, 0.29) is 25.9 Å². The molecular weight excluding hydrogens is 343 g/mol. The van der Waals surface area contributed by atoms with Gasteiger partial charge in [0.1, 0.15) is 0 Å². The van der Waals surface area contributed by atoms with E-state index in [4.69, 9.17) is 5.11 Å². The number of alkyl halides is 3. The number of carboxylic acids is 1. The van der Waals surface area contributed by atoms with Crippen molar-refractivity contribution in [1.82, 2.24) is 14.7 Å². The van der Waals surface area contributed by atoms with Gasteiger partial charge in [-0.25, -0.2) is 4.79 Å².